The third-order valence-electron chi connectivity index (χ3n) is 3.39. The molecule has 8 heteroatoms. The molecule has 0 aliphatic rings. The highest BCUT2D eigenvalue weighted by Crippen LogP contribution is 2.31. The van der Waals surface area contributed by atoms with Crippen molar-refractivity contribution < 1.29 is 32.9 Å². The second-order valence-electron chi connectivity index (χ2n) is 6.33. The van der Waals surface area contributed by atoms with Crippen LogP contribution >= 0.6 is 0 Å². The number of rotatable bonds is 6. The number of nitrogens with zero attached hydrogens (tertiary/aromatic N) is 1. The lowest BCUT2D eigenvalue weighted by Crippen LogP contribution is -2.60. The molecule has 0 fully saturated rings. The fraction of sp³-hybridized carbons (Fsp3) is 0.562. The van der Waals surface area contributed by atoms with Crippen LogP contribution in [0.15, 0.2) is 30.3 Å². The summed E-state index contributed by atoms with van der Waals surface area (Å²) in [6.07, 6.45) is -8.83. The van der Waals surface area contributed by atoms with Crippen molar-refractivity contribution in [2.24, 2.45) is 0 Å². The number of carboxylic acid groups (broad SMARTS) is 1. The second-order valence-corrected chi connectivity index (χ2v) is 6.33. The summed E-state index contributed by atoms with van der Waals surface area (Å²) in [6.45, 7) is 3.00. The van der Waals surface area contributed by atoms with Gasteiger partial charge >= 0.3 is 12.3 Å². The summed E-state index contributed by atoms with van der Waals surface area (Å²) in [5.74, 6) is 0. The number of ether oxygens (including phenoxy) is 1. The van der Waals surface area contributed by atoms with Gasteiger partial charge in [0.1, 0.15) is 0 Å². The van der Waals surface area contributed by atoms with E-state index in [2.05, 4.69) is 0 Å². The van der Waals surface area contributed by atoms with Gasteiger partial charge in [-0.3, -0.25) is 4.90 Å². The van der Waals surface area contributed by atoms with Crippen molar-refractivity contribution in [3.05, 3.63) is 35.9 Å². The van der Waals surface area contributed by atoms with Crippen LogP contribution in [-0.2, 0) is 11.3 Å². The summed E-state index contributed by atoms with van der Waals surface area (Å²) in [6, 6.07) is 6.45. The molecule has 1 aromatic rings. The number of hydrogen-bond acceptors (Lipinski definition) is 3. The number of carbonyl (C=O) groups is 1. The molecular weight excluding hydrogens is 327 g/mol. The standard InChI is InChI=1S/C16H22F3NO4/c1-15(2,3)20(14(22)23)12(9-21)13(16(17,18)19)24-10-11-7-5-4-6-8-11/h4-8,12-13,21H,9-10H2,1-3H3,(H,22,23)/t12?,13-/m0/s1. The monoisotopic (exact) mass is 349 g/mol. The van der Waals surface area contributed by atoms with E-state index in [4.69, 9.17) is 4.74 Å². The van der Waals surface area contributed by atoms with Gasteiger partial charge in [0.05, 0.1) is 19.3 Å². The summed E-state index contributed by atoms with van der Waals surface area (Å²) >= 11 is 0. The molecule has 24 heavy (non-hydrogen) atoms. The van der Waals surface area contributed by atoms with Gasteiger partial charge in [0, 0.05) is 5.54 Å². The first-order valence-electron chi connectivity index (χ1n) is 7.34. The zero-order valence-corrected chi connectivity index (χ0v) is 13.7. The molecule has 0 aliphatic carbocycles. The van der Waals surface area contributed by atoms with Crippen molar-refractivity contribution >= 4 is 6.09 Å². The number of benzene rings is 1. The van der Waals surface area contributed by atoms with Gasteiger partial charge in [-0.05, 0) is 26.3 Å². The molecule has 0 bridgehead atoms. The minimum Gasteiger partial charge on any atom is -0.465 e. The highest BCUT2D eigenvalue weighted by molar-refractivity contribution is 5.66. The minimum absolute atomic E-state index is 0.348. The van der Waals surface area contributed by atoms with E-state index < -0.39 is 36.6 Å². The van der Waals surface area contributed by atoms with Crippen LogP contribution in [0.2, 0.25) is 0 Å². The molecule has 0 saturated heterocycles. The summed E-state index contributed by atoms with van der Waals surface area (Å²) in [4.78, 5) is 12.0. The molecule has 136 valence electrons. The van der Waals surface area contributed by atoms with Crippen LogP contribution in [0, 0.1) is 0 Å². The Morgan fingerprint density at radius 2 is 1.75 bits per heavy atom. The van der Waals surface area contributed by atoms with Crippen molar-refractivity contribution in [2.45, 2.75) is 51.2 Å². The van der Waals surface area contributed by atoms with Gasteiger partial charge in [0.25, 0.3) is 0 Å². The summed E-state index contributed by atoms with van der Waals surface area (Å²) in [7, 11) is 0. The summed E-state index contributed by atoms with van der Waals surface area (Å²) in [5, 5.41) is 18.8. The van der Waals surface area contributed by atoms with E-state index >= 15 is 0 Å². The summed E-state index contributed by atoms with van der Waals surface area (Å²) in [5.41, 5.74) is -0.625. The van der Waals surface area contributed by atoms with Gasteiger partial charge in [-0.25, -0.2) is 4.79 Å². The van der Waals surface area contributed by atoms with Gasteiger partial charge in [-0.15, -0.1) is 0 Å². The van der Waals surface area contributed by atoms with Crippen molar-refractivity contribution in [1.82, 2.24) is 4.90 Å². The van der Waals surface area contributed by atoms with Crippen LogP contribution in [0.3, 0.4) is 0 Å². The SMILES string of the molecule is CC(C)(C)N(C(=O)O)C(CO)[C@H](OCc1ccccc1)C(F)(F)F. The van der Waals surface area contributed by atoms with E-state index in [1.165, 1.54) is 20.8 Å². The lowest BCUT2D eigenvalue weighted by molar-refractivity contribution is -0.246. The molecular formula is C16H22F3NO4. The Hall–Kier alpha value is -1.80. The maximum Gasteiger partial charge on any atom is 0.416 e. The lowest BCUT2D eigenvalue weighted by Gasteiger charge is -2.42. The first-order valence-corrected chi connectivity index (χ1v) is 7.34. The van der Waals surface area contributed by atoms with Crippen LogP contribution in [-0.4, -0.2) is 51.7 Å². The molecule has 1 amide bonds. The number of aliphatic hydroxyl groups excluding tert-OH is 1. The van der Waals surface area contributed by atoms with E-state index in [0.29, 0.717) is 10.5 Å². The first kappa shape index (κ1) is 20.2. The lowest BCUT2D eigenvalue weighted by atomic mass is 10.00. The number of aliphatic hydroxyl groups is 1. The number of halogens is 3. The molecule has 1 unspecified atom stereocenters. The molecule has 0 radical (unpaired) electrons. The molecule has 2 N–H and O–H groups in total. The first-order chi connectivity index (χ1) is 11.0. The van der Waals surface area contributed by atoms with Crippen LogP contribution in [0.1, 0.15) is 26.3 Å². The van der Waals surface area contributed by atoms with E-state index in [-0.39, 0.29) is 6.61 Å². The third-order valence-corrected chi connectivity index (χ3v) is 3.39. The van der Waals surface area contributed by atoms with E-state index in [1.807, 2.05) is 0 Å². The Labute approximate surface area is 138 Å². The zero-order valence-electron chi connectivity index (χ0n) is 13.7. The van der Waals surface area contributed by atoms with E-state index in [9.17, 15) is 28.2 Å². The predicted molar refractivity (Wildman–Crippen MR) is 81.6 cm³/mol. The Kier molecular flexibility index (Phi) is 6.62. The fourth-order valence-corrected chi connectivity index (χ4v) is 2.42. The van der Waals surface area contributed by atoms with Crippen LogP contribution in [0.25, 0.3) is 0 Å². The van der Waals surface area contributed by atoms with Crippen LogP contribution < -0.4 is 0 Å². The molecule has 1 rings (SSSR count). The average molecular weight is 349 g/mol. The van der Waals surface area contributed by atoms with Crippen LogP contribution in [0.5, 0.6) is 0 Å². The van der Waals surface area contributed by atoms with Crippen LogP contribution in [0.4, 0.5) is 18.0 Å². The van der Waals surface area contributed by atoms with E-state index in [0.717, 1.165) is 0 Å². The predicted octanol–water partition coefficient (Wildman–Crippen LogP) is 3.27. The fourth-order valence-electron chi connectivity index (χ4n) is 2.42. The zero-order chi connectivity index (χ0) is 18.5. The smallest absolute Gasteiger partial charge is 0.416 e. The Morgan fingerprint density at radius 3 is 2.12 bits per heavy atom. The molecule has 0 heterocycles. The van der Waals surface area contributed by atoms with Gasteiger partial charge in [0.15, 0.2) is 6.10 Å². The second kappa shape index (κ2) is 7.85. The third kappa shape index (κ3) is 5.38. The van der Waals surface area contributed by atoms with Crippen molar-refractivity contribution in [2.75, 3.05) is 6.61 Å². The van der Waals surface area contributed by atoms with Gasteiger partial charge in [-0.2, -0.15) is 13.2 Å². The Morgan fingerprint density at radius 1 is 1.21 bits per heavy atom. The molecule has 2 atom stereocenters. The maximum absolute atomic E-state index is 13.4. The highest BCUT2D eigenvalue weighted by Gasteiger charge is 2.51. The quantitative estimate of drug-likeness (QED) is 0.827. The van der Waals surface area contributed by atoms with Crippen molar-refractivity contribution in [1.29, 1.82) is 0 Å². The normalized spacial score (nSPS) is 15.0. The Balaban J connectivity index is 3.09. The number of amides is 1. The molecule has 0 spiro atoms. The number of hydrogen-bond donors (Lipinski definition) is 2. The Bertz CT molecular complexity index is 528. The molecule has 0 saturated carbocycles. The molecule has 0 aromatic heterocycles. The average Bonchev–Trinajstić information content (AvgIpc) is 2.44. The van der Waals surface area contributed by atoms with Crippen molar-refractivity contribution in [3.8, 4) is 0 Å². The van der Waals surface area contributed by atoms with Crippen molar-refractivity contribution in [3.63, 3.8) is 0 Å². The van der Waals surface area contributed by atoms with Gasteiger partial charge < -0.3 is 14.9 Å². The highest BCUT2D eigenvalue weighted by atomic mass is 19.4. The number of alkyl halides is 3. The van der Waals surface area contributed by atoms with E-state index in [1.54, 1.807) is 30.3 Å². The molecule has 1 aromatic carbocycles. The minimum atomic E-state index is -4.83. The van der Waals surface area contributed by atoms with Gasteiger partial charge in [-0.1, -0.05) is 30.3 Å². The van der Waals surface area contributed by atoms with Gasteiger partial charge in [0.2, 0.25) is 0 Å². The topological polar surface area (TPSA) is 70.0 Å². The summed E-state index contributed by atoms with van der Waals surface area (Å²) < 4.78 is 45.2. The largest absolute Gasteiger partial charge is 0.465 e. The molecule has 5 nitrogen and oxygen atoms in total. The maximum atomic E-state index is 13.4. The molecule has 0 aliphatic heterocycles.